The second-order valence-corrected chi connectivity index (χ2v) is 6.56. The van der Waals surface area contributed by atoms with Crippen molar-refractivity contribution < 1.29 is 22.7 Å². The van der Waals surface area contributed by atoms with Crippen molar-refractivity contribution in [2.75, 3.05) is 18.2 Å². The van der Waals surface area contributed by atoms with Crippen LogP contribution in [0, 0.1) is 18.3 Å². The van der Waals surface area contributed by atoms with Crippen molar-refractivity contribution in [1.82, 2.24) is 4.98 Å². The van der Waals surface area contributed by atoms with E-state index in [4.69, 9.17) is 10.00 Å². The zero-order valence-electron chi connectivity index (χ0n) is 14.6. The Kier molecular flexibility index (Phi) is 6.69. The minimum atomic E-state index is -4.64. The number of hydrogen-bond acceptors (Lipinski definition) is 5. The molecule has 9 heteroatoms. The fraction of sp³-hybridized carbons (Fsp3) is 0.278. The van der Waals surface area contributed by atoms with Gasteiger partial charge in [0.2, 0.25) is 5.91 Å². The molecule has 1 heterocycles. The summed E-state index contributed by atoms with van der Waals surface area (Å²) in [5.41, 5.74) is -0.792. The minimum Gasteiger partial charge on any atom is -0.497 e. The van der Waals surface area contributed by atoms with Gasteiger partial charge in [0.1, 0.15) is 16.8 Å². The summed E-state index contributed by atoms with van der Waals surface area (Å²) in [6.45, 7) is 1.43. The largest absolute Gasteiger partial charge is 0.497 e. The molecular weight excluding hydrogens is 379 g/mol. The zero-order chi connectivity index (χ0) is 20.0. The number of methoxy groups -OCH3 is 1. The number of nitriles is 1. The number of halogens is 3. The average molecular weight is 395 g/mol. The highest BCUT2D eigenvalue weighted by molar-refractivity contribution is 7.99. The number of carbonyl (C=O) groups excluding carboxylic acids is 1. The fourth-order valence-electron chi connectivity index (χ4n) is 2.22. The Balaban J connectivity index is 2.01. The number of nitrogens with one attached hydrogen (secondary N) is 1. The van der Waals surface area contributed by atoms with Crippen molar-refractivity contribution in [3.05, 3.63) is 47.2 Å². The van der Waals surface area contributed by atoms with Crippen molar-refractivity contribution in [3.63, 3.8) is 0 Å². The molecule has 0 atom stereocenters. The number of aromatic nitrogens is 1. The van der Waals surface area contributed by atoms with Gasteiger partial charge in [0.15, 0.2) is 0 Å². The van der Waals surface area contributed by atoms with Crippen molar-refractivity contribution in [3.8, 4) is 11.8 Å². The molecule has 0 aliphatic carbocycles. The van der Waals surface area contributed by atoms with Crippen LogP contribution in [-0.2, 0) is 11.0 Å². The van der Waals surface area contributed by atoms with E-state index in [0.717, 1.165) is 17.8 Å². The molecule has 27 heavy (non-hydrogen) atoms. The topological polar surface area (TPSA) is 75.0 Å². The highest BCUT2D eigenvalue weighted by Crippen LogP contribution is 2.35. The molecule has 142 valence electrons. The van der Waals surface area contributed by atoms with E-state index >= 15 is 0 Å². The van der Waals surface area contributed by atoms with Crippen molar-refractivity contribution in [1.29, 1.82) is 5.26 Å². The maximum Gasteiger partial charge on any atom is 0.417 e. The van der Waals surface area contributed by atoms with Gasteiger partial charge in [-0.3, -0.25) is 4.79 Å². The van der Waals surface area contributed by atoms with Crippen molar-refractivity contribution in [2.45, 2.75) is 24.5 Å². The number of rotatable bonds is 6. The summed E-state index contributed by atoms with van der Waals surface area (Å²) in [4.78, 5) is 16.0. The molecule has 0 fully saturated rings. The molecule has 0 saturated heterocycles. The van der Waals surface area contributed by atoms with Crippen LogP contribution in [0.5, 0.6) is 5.75 Å². The first-order chi connectivity index (χ1) is 12.7. The molecule has 0 bridgehead atoms. The van der Waals surface area contributed by atoms with Crippen LogP contribution in [0.15, 0.2) is 35.4 Å². The third-order valence-corrected chi connectivity index (χ3v) is 4.45. The van der Waals surface area contributed by atoms with Gasteiger partial charge in [0, 0.05) is 23.6 Å². The number of alkyl halides is 3. The SMILES string of the molecule is COc1ccc(NC(=O)CCSc2nc(C)cc(C(F)(F)F)c2C#N)cc1. The van der Waals surface area contributed by atoms with Gasteiger partial charge < -0.3 is 10.1 Å². The molecule has 0 radical (unpaired) electrons. The van der Waals surface area contributed by atoms with E-state index in [-0.39, 0.29) is 28.8 Å². The maximum atomic E-state index is 13.1. The standard InChI is InChI=1S/C18H16F3N3O2S/c1-11-9-15(18(19,20)21)14(10-22)17(23-11)27-8-7-16(25)24-12-3-5-13(26-2)6-4-12/h3-6,9H,7-8H2,1-2H3,(H,24,25). The van der Waals surface area contributed by atoms with E-state index in [1.165, 1.54) is 14.0 Å². The lowest BCUT2D eigenvalue weighted by atomic mass is 10.1. The van der Waals surface area contributed by atoms with Gasteiger partial charge in [0.25, 0.3) is 0 Å². The first kappa shape index (κ1) is 20.6. The molecule has 0 unspecified atom stereocenters. The van der Waals surface area contributed by atoms with Crippen LogP contribution < -0.4 is 10.1 Å². The Morgan fingerprint density at radius 2 is 2.00 bits per heavy atom. The number of aryl methyl sites for hydroxylation is 1. The number of pyridine rings is 1. The van der Waals surface area contributed by atoms with Crippen LogP contribution in [-0.4, -0.2) is 23.8 Å². The fourth-order valence-corrected chi connectivity index (χ4v) is 3.21. The average Bonchev–Trinajstić information content (AvgIpc) is 2.61. The summed E-state index contributed by atoms with van der Waals surface area (Å²) in [6.07, 6.45) is -4.58. The second-order valence-electron chi connectivity index (χ2n) is 5.48. The number of thioether (sulfide) groups is 1. The van der Waals surface area contributed by atoms with Crippen LogP contribution in [0.4, 0.5) is 18.9 Å². The first-order valence-corrected chi connectivity index (χ1v) is 8.78. The summed E-state index contributed by atoms with van der Waals surface area (Å²) in [5.74, 6) is 0.540. The van der Waals surface area contributed by atoms with E-state index in [0.29, 0.717) is 11.4 Å². The summed E-state index contributed by atoms with van der Waals surface area (Å²) < 4.78 is 44.3. The van der Waals surface area contributed by atoms with Crippen LogP contribution >= 0.6 is 11.8 Å². The van der Waals surface area contributed by atoms with E-state index in [9.17, 15) is 18.0 Å². The quantitative estimate of drug-likeness (QED) is 0.734. The number of nitrogens with zero attached hydrogens (tertiary/aromatic N) is 2. The van der Waals surface area contributed by atoms with Crippen LogP contribution in [0.25, 0.3) is 0 Å². The predicted molar refractivity (Wildman–Crippen MR) is 95.7 cm³/mol. The maximum absolute atomic E-state index is 13.1. The van der Waals surface area contributed by atoms with E-state index in [2.05, 4.69) is 10.3 Å². The number of ether oxygens (including phenoxy) is 1. The van der Waals surface area contributed by atoms with Gasteiger partial charge in [-0.25, -0.2) is 4.98 Å². The van der Waals surface area contributed by atoms with Gasteiger partial charge >= 0.3 is 6.18 Å². The molecule has 0 aliphatic rings. The zero-order valence-corrected chi connectivity index (χ0v) is 15.4. The second kappa shape index (κ2) is 8.77. The molecular formula is C18H16F3N3O2S. The molecule has 1 N–H and O–H groups in total. The Morgan fingerprint density at radius 3 is 2.56 bits per heavy atom. The number of anilines is 1. The lowest BCUT2D eigenvalue weighted by Crippen LogP contribution is -2.13. The first-order valence-electron chi connectivity index (χ1n) is 7.80. The van der Waals surface area contributed by atoms with E-state index < -0.39 is 17.3 Å². The molecule has 5 nitrogen and oxygen atoms in total. The highest BCUT2D eigenvalue weighted by Gasteiger charge is 2.35. The highest BCUT2D eigenvalue weighted by atomic mass is 32.2. The lowest BCUT2D eigenvalue weighted by molar-refractivity contribution is -0.138. The monoisotopic (exact) mass is 395 g/mol. The molecule has 1 aromatic carbocycles. The molecule has 2 aromatic rings. The van der Waals surface area contributed by atoms with Gasteiger partial charge in [0.05, 0.1) is 18.2 Å². The number of amides is 1. The summed E-state index contributed by atoms with van der Waals surface area (Å²) >= 11 is 0.947. The normalized spacial score (nSPS) is 11.0. The van der Waals surface area contributed by atoms with Gasteiger partial charge in [-0.2, -0.15) is 18.4 Å². The molecule has 1 amide bonds. The Bertz CT molecular complexity index is 862. The summed E-state index contributed by atoms with van der Waals surface area (Å²) in [5, 5.41) is 11.8. The lowest BCUT2D eigenvalue weighted by Gasteiger charge is -2.12. The minimum absolute atomic E-state index is 0.0259. The predicted octanol–water partition coefficient (Wildman–Crippen LogP) is 4.41. The molecule has 0 spiro atoms. The smallest absolute Gasteiger partial charge is 0.417 e. The number of benzene rings is 1. The third-order valence-electron chi connectivity index (χ3n) is 3.47. The third kappa shape index (κ3) is 5.62. The Labute approximate surface area is 158 Å². The van der Waals surface area contributed by atoms with Gasteiger partial charge in [-0.15, -0.1) is 11.8 Å². The molecule has 0 aliphatic heterocycles. The Morgan fingerprint density at radius 1 is 1.33 bits per heavy atom. The van der Waals surface area contributed by atoms with Gasteiger partial charge in [-0.05, 0) is 37.3 Å². The molecule has 0 saturated carbocycles. The summed E-state index contributed by atoms with van der Waals surface area (Å²) in [7, 11) is 1.53. The number of carbonyl (C=O) groups is 1. The van der Waals surface area contributed by atoms with Crippen LogP contribution in [0.2, 0.25) is 0 Å². The molecule has 2 rings (SSSR count). The summed E-state index contributed by atoms with van der Waals surface area (Å²) in [6, 6.07) is 9.16. The van der Waals surface area contributed by atoms with E-state index in [1.54, 1.807) is 30.3 Å². The van der Waals surface area contributed by atoms with Crippen molar-refractivity contribution >= 4 is 23.4 Å². The van der Waals surface area contributed by atoms with E-state index in [1.807, 2.05) is 0 Å². The molecule has 1 aromatic heterocycles. The number of hydrogen-bond donors (Lipinski definition) is 1. The Hall–Kier alpha value is -2.73. The van der Waals surface area contributed by atoms with Crippen LogP contribution in [0.3, 0.4) is 0 Å². The van der Waals surface area contributed by atoms with Gasteiger partial charge in [-0.1, -0.05) is 0 Å². The van der Waals surface area contributed by atoms with Crippen molar-refractivity contribution in [2.24, 2.45) is 0 Å². The van der Waals surface area contributed by atoms with Crippen LogP contribution in [0.1, 0.15) is 23.2 Å².